The molecule has 1 aromatic carbocycles. The predicted octanol–water partition coefficient (Wildman–Crippen LogP) is 1.93. The Bertz CT molecular complexity index is 495. The van der Waals surface area contributed by atoms with E-state index in [2.05, 4.69) is 38.5 Å². The Morgan fingerprint density at radius 1 is 1.53 bits per heavy atom. The molecule has 0 radical (unpaired) electrons. The number of hydrogen-bond acceptors (Lipinski definition) is 3. The van der Waals surface area contributed by atoms with E-state index in [9.17, 15) is 0 Å². The van der Waals surface area contributed by atoms with E-state index in [1.165, 1.54) is 5.56 Å². The van der Waals surface area contributed by atoms with Crippen molar-refractivity contribution in [1.29, 1.82) is 0 Å². The number of benzene rings is 1. The quantitative estimate of drug-likeness (QED) is 0.669. The number of halogens is 1. The number of imidazole rings is 1. The minimum absolute atomic E-state index is 0.0665. The number of aromatic nitrogens is 2. The molecular weight excluding hydrogens is 280 g/mol. The molecule has 1 heterocycles. The highest BCUT2D eigenvalue weighted by Crippen LogP contribution is 2.19. The fraction of sp³-hybridized carbons (Fsp3) is 0.250. The lowest BCUT2D eigenvalue weighted by Gasteiger charge is -2.16. The first-order valence-corrected chi connectivity index (χ1v) is 6.17. The van der Waals surface area contributed by atoms with Gasteiger partial charge in [-0.15, -0.1) is 0 Å². The van der Waals surface area contributed by atoms with Gasteiger partial charge in [-0.05, 0) is 24.1 Å². The van der Waals surface area contributed by atoms with Crippen LogP contribution in [0.5, 0.6) is 0 Å². The van der Waals surface area contributed by atoms with E-state index in [0.717, 1.165) is 16.6 Å². The van der Waals surface area contributed by atoms with Crippen LogP contribution in [0.4, 0.5) is 0 Å². The van der Waals surface area contributed by atoms with Crippen molar-refractivity contribution in [2.75, 3.05) is 0 Å². The van der Waals surface area contributed by atoms with Gasteiger partial charge >= 0.3 is 0 Å². The summed E-state index contributed by atoms with van der Waals surface area (Å²) < 4.78 is 3.05. The molecule has 0 amide bonds. The molecule has 0 aliphatic heterocycles. The summed E-state index contributed by atoms with van der Waals surface area (Å²) in [7, 11) is 1.97. The van der Waals surface area contributed by atoms with Crippen LogP contribution >= 0.6 is 15.9 Å². The molecule has 0 aliphatic carbocycles. The molecule has 4 nitrogen and oxygen atoms in total. The van der Waals surface area contributed by atoms with Crippen LogP contribution < -0.4 is 11.3 Å². The maximum Gasteiger partial charge on any atom is 0.0946 e. The van der Waals surface area contributed by atoms with Crippen LogP contribution in [-0.2, 0) is 13.5 Å². The number of aryl methyl sites for hydroxylation is 1. The Hall–Kier alpha value is -1.17. The monoisotopic (exact) mass is 294 g/mol. The molecular formula is C12H15BrN4. The minimum atomic E-state index is 0.0665. The predicted molar refractivity (Wildman–Crippen MR) is 71.1 cm³/mol. The molecule has 17 heavy (non-hydrogen) atoms. The van der Waals surface area contributed by atoms with Gasteiger partial charge in [-0.25, -0.2) is 4.98 Å². The Kier molecular flexibility index (Phi) is 3.93. The zero-order valence-corrected chi connectivity index (χ0v) is 11.2. The molecule has 0 fully saturated rings. The summed E-state index contributed by atoms with van der Waals surface area (Å²) in [6, 6.07) is 8.29. The summed E-state index contributed by atoms with van der Waals surface area (Å²) in [6.45, 7) is 0. The van der Waals surface area contributed by atoms with Crippen LogP contribution in [-0.4, -0.2) is 9.55 Å². The average molecular weight is 295 g/mol. The highest BCUT2D eigenvalue weighted by molar-refractivity contribution is 9.10. The molecule has 0 saturated heterocycles. The second-order valence-corrected chi connectivity index (χ2v) is 4.90. The highest BCUT2D eigenvalue weighted by Gasteiger charge is 2.13. The van der Waals surface area contributed by atoms with Crippen molar-refractivity contribution in [3.05, 3.63) is 52.5 Å². The van der Waals surface area contributed by atoms with Gasteiger partial charge in [0.05, 0.1) is 18.1 Å². The molecule has 2 aromatic rings. The normalized spacial score (nSPS) is 12.6. The van der Waals surface area contributed by atoms with Crippen molar-refractivity contribution in [2.24, 2.45) is 12.9 Å². The summed E-state index contributed by atoms with van der Waals surface area (Å²) in [5, 5.41) is 0. The fourth-order valence-corrected chi connectivity index (χ4v) is 2.30. The zero-order valence-electron chi connectivity index (χ0n) is 9.60. The van der Waals surface area contributed by atoms with E-state index in [1.807, 2.05) is 29.9 Å². The molecule has 5 heteroatoms. The molecule has 1 atom stereocenters. The summed E-state index contributed by atoms with van der Waals surface area (Å²) in [5.74, 6) is 5.62. The van der Waals surface area contributed by atoms with Gasteiger partial charge in [0.25, 0.3) is 0 Å². The molecule has 0 spiro atoms. The van der Waals surface area contributed by atoms with Gasteiger partial charge < -0.3 is 4.57 Å². The Balaban J connectivity index is 2.19. The smallest absolute Gasteiger partial charge is 0.0946 e. The standard InChI is InChI=1S/C12H15BrN4/c1-17-8-15-7-12(17)11(16-14)6-9-3-2-4-10(13)5-9/h2-5,7-8,11,16H,6,14H2,1H3. The minimum Gasteiger partial charge on any atom is -0.336 e. The number of hydrazine groups is 1. The summed E-state index contributed by atoms with van der Waals surface area (Å²) in [6.07, 6.45) is 4.44. The lowest BCUT2D eigenvalue weighted by atomic mass is 10.0. The van der Waals surface area contributed by atoms with Gasteiger partial charge in [0, 0.05) is 17.7 Å². The molecule has 0 saturated carbocycles. The maximum atomic E-state index is 5.62. The van der Waals surface area contributed by atoms with Gasteiger partial charge in [-0.1, -0.05) is 28.1 Å². The highest BCUT2D eigenvalue weighted by atomic mass is 79.9. The maximum absolute atomic E-state index is 5.62. The Labute approximate surface area is 109 Å². The number of nitrogens with one attached hydrogen (secondary N) is 1. The van der Waals surface area contributed by atoms with Crippen molar-refractivity contribution in [3.8, 4) is 0 Å². The number of nitrogens with two attached hydrogens (primary N) is 1. The van der Waals surface area contributed by atoms with E-state index in [1.54, 1.807) is 6.33 Å². The Morgan fingerprint density at radius 3 is 2.94 bits per heavy atom. The van der Waals surface area contributed by atoms with Crippen molar-refractivity contribution in [1.82, 2.24) is 15.0 Å². The molecule has 0 aliphatic rings. The van der Waals surface area contributed by atoms with Crippen molar-refractivity contribution in [3.63, 3.8) is 0 Å². The number of rotatable bonds is 4. The molecule has 90 valence electrons. The van der Waals surface area contributed by atoms with Crippen LogP contribution in [0, 0.1) is 0 Å². The van der Waals surface area contributed by atoms with Gasteiger partial charge in [0.15, 0.2) is 0 Å². The van der Waals surface area contributed by atoms with Crippen LogP contribution in [0.15, 0.2) is 41.3 Å². The van der Waals surface area contributed by atoms with Crippen LogP contribution in [0.1, 0.15) is 17.3 Å². The molecule has 1 aromatic heterocycles. The number of nitrogens with zero attached hydrogens (tertiary/aromatic N) is 2. The van der Waals surface area contributed by atoms with Crippen molar-refractivity contribution < 1.29 is 0 Å². The zero-order chi connectivity index (χ0) is 12.3. The fourth-order valence-electron chi connectivity index (χ4n) is 1.85. The van der Waals surface area contributed by atoms with E-state index < -0.39 is 0 Å². The summed E-state index contributed by atoms with van der Waals surface area (Å²) in [5.41, 5.74) is 5.14. The summed E-state index contributed by atoms with van der Waals surface area (Å²) >= 11 is 3.47. The topological polar surface area (TPSA) is 55.9 Å². The first kappa shape index (κ1) is 12.3. The average Bonchev–Trinajstić information content (AvgIpc) is 2.72. The Morgan fingerprint density at radius 2 is 2.35 bits per heavy atom. The largest absolute Gasteiger partial charge is 0.336 e. The van der Waals surface area contributed by atoms with Gasteiger partial charge in [0.2, 0.25) is 0 Å². The van der Waals surface area contributed by atoms with E-state index in [0.29, 0.717) is 0 Å². The van der Waals surface area contributed by atoms with Crippen molar-refractivity contribution >= 4 is 15.9 Å². The second kappa shape index (κ2) is 5.44. The van der Waals surface area contributed by atoms with Crippen LogP contribution in [0.2, 0.25) is 0 Å². The van der Waals surface area contributed by atoms with Crippen LogP contribution in [0.3, 0.4) is 0 Å². The molecule has 1 unspecified atom stereocenters. The second-order valence-electron chi connectivity index (χ2n) is 3.98. The third-order valence-corrected chi connectivity index (χ3v) is 3.23. The van der Waals surface area contributed by atoms with E-state index in [-0.39, 0.29) is 6.04 Å². The first-order valence-electron chi connectivity index (χ1n) is 5.37. The van der Waals surface area contributed by atoms with E-state index >= 15 is 0 Å². The van der Waals surface area contributed by atoms with E-state index in [4.69, 9.17) is 5.84 Å². The molecule has 0 bridgehead atoms. The van der Waals surface area contributed by atoms with Gasteiger partial charge in [-0.3, -0.25) is 11.3 Å². The van der Waals surface area contributed by atoms with Crippen molar-refractivity contribution in [2.45, 2.75) is 12.5 Å². The third kappa shape index (κ3) is 2.94. The lowest BCUT2D eigenvalue weighted by molar-refractivity contribution is 0.521. The number of hydrogen-bond donors (Lipinski definition) is 2. The SMILES string of the molecule is Cn1cncc1C(Cc1cccc(Br)c1)NN. The first-order chi connectivity index (χ1) is 8.20. The summed E-state index contributed by atoms with van der Waals surface area (Å²) in [4.78, 5) is 4.11. The third-order valence-electron chi connectivity index (χ3n) is 2.74. The van der Waals surface area contributed by atoms with Gasteiger partial charge in [0.1, 0.15) is 0 Å². The molecule has 3 N–H and O–H groups in total. The van der Waals surface area contributed by atoms with Crippen LogP contribution in [0.25, 0.3) is 0 Å². The van der Waals surface area contributed by atoms with Gasteiger partial charge in [-0.2, -0.15) is 0 Å². The lowest BCUT2D eigenvalue weighted by Crippen LogP contribution is -2.30. The molecule has 2 rings (SSSR count).